The minimum absolute atomic E-state index is 0.984. The molecule has 0 amide bonds. The molecule has 2 aliphatic rings. The van der Waals surface area contributed by atoms with Crippen molar-refractivity contribution in [1.29, 1.82) is 0 Å². The summed E-state index contributed by atoms with van der Waals surface area (Å²) in [5, 5.41) is 4.80. The number of fused-ring (bicyclic) bond motifs is 1. The van der Waals surface area contributed by atoms with Crippen LogP contribution >= 0.6 is 0 Å². The van der Waals surface area contributed by atoms with Gasteiger partial charge in [0.15, 0.2) is 0 Å². The van der Waals surface area contributed by atoms with Crippen LogP contribution in [0.4, 0.5) is 0 Å². The molecule has 0 N–H and O–H groups in total. The van der Waals surface area contributed by atoms with Crippen LogP contribution in [-0.2, 0) is 19.9 Å². The minimum atomic E-state index is 0.984. The molecule has 3 heteroatoms. The molecule has 1 saturated carbocycles. The highest BCUT2D eigenvalue weighted by Gasteiger charge is 2.27. The molecule has 0 saturated heterocycles. The second-order valence-corrected chi connectivity index (χ2v) is 6.51. The smallest absolute Gasteiger partial charge is 0.0958 e. The maximum atomic E-state index is 4.80. The monoisotopic (exact) mass is 281 g/mol. The van der Waals surface area contributed by atoms with E-state index in [1.54, 1.807) is 0 Å². The Balaban J connectivity index is 1.62. The van der Waals surface area contributed by atoms with Gasteiger partial charge in [0.25, 0.3) is 0 Å². The van der Waals surface area contributed by atoms with E-state index < -0.39 is 0 Å². The van der Waals surface area contributed by atoms with Crippen LogP contribution in [0, 0.1) is 5.92 Å². The van der Waals surface area contributed by atoms with Crippen molar-refractivity contribution in [2.45, 2.75) is 25.7 Å². The largest absolute Gasteiger partial charge is 0.302 e. The summed E-state index contributed by atoms with van der Waals surface area (Å²) in [6.07, 6.45) is 5.17. The summed E-state index contributed by atoms with van der Waals surface area (Å²) in [6.45, 7) is 3.69. The van der Waals surface area contributed by atoms with Crippen LogP contribution < -0.4 is 0 Å². The van der Waals surface area contributed by atoms with Crippen molar-refractivity contribution < 1.29 is 0 Å². The Bertz CT molecular complexity index is 625. The number of hydrogen-bond acceptors (Lipinski definition) is 2. The number of aryl methyl sites for hydroxylation is 1. The molecule has 4 rings (SSSR count). The van der Waals surface area contributed by atoms with Gasteiger partial charge < -0.3 is 4.90 Å². The first-order valence-electron chi connectivity index (χ1n) is 8.14. The molecule has 2 heterocycles. The maximum absolute atomic E-state index is 4.80. The zero-order valence-electron chi connectivity index (χ0n) is 12.8. The van der Waals surface area contributed by atoms with Gasteiger partial charge in [-0.2, -0.15) is 5.10 Å². The first-order valence-corrected chi connectivity index (χ1v) is 8.14. The van der Waals surface area contributed by atoms with Gasteiger partial charge in [-0.3, -0.25) is 4.68 Å². The number of rotatable bonds is 3. The van der Waals surface area contributed by atoms with Gasteiger partial charge in [-0.25, -0.2) is 0 Å². The number of nitrogens with zero attached hydrogens (tertiary/aromatic N) is 3. The third-order valence-corrected chi connectivity index (χ3v) is 4.88. The van der Waals surface area contributed by atoms with Crippen LogP contribution in [0.5, 0.6) is 0 Å². The lowest BCUT2D eigenvalue weighted by Crippen LogP contribution is -2.28. The molecule has 0 unspecified atom stereocenters. The van der Waals surface area contributed by atoms with Crippen molar-refractivity contribution in [3.8, 4) is 11.3 Å². The Hall–Kier alpha value is -1.61. The molecular formula is C18H23N3. The minimum Gasteiger partial charge on any atom is -0.302 e. The molecule has 0 bridgehead atoms. The third-order valence-electron chi connectivity index (χ3n) is 4.88. The maximum Gasteiger partial charge on any atom is 0.0958 e. The second-order valence-electron chi connectivity index (χ2n) is 6.51. The molecule has 0 atom stereocenters. The Morgan fingerprint density at radius 2 is 1.86 bits per heavy atom. The molecule has 1 aromatic heterocycles. The van der Waals surface area contributed by atoms with Crippen molar-refractivity contribution in [2.24, 2.45) is 13.0 Å². The molecule has 1 aromatic carbocycles. The predicted octanol–water partition coefficient (Wildman–Crippen LogP) is 2.90. The lowest BCUT2D eigenvalue weighted by atomic mass is 10.0. The predicted molar refractivity (Wildman–Crippen MR) is 85.2 cm³/mol. The topological polar surface area (TPSA) is 21.1 Å². The second kappa shape index (κ2) is 5.30. The van der Waals surface area contributed by atoms with Gasteiger partial charge in [0.1, 0.15) is 0 Å². The van der Waals surface area contributed by atoms with Gasteiger partial charge in [-0.15, -0.1) is 0 Å². The lowest BCUT2D eigenvalue weighted by molar-refractivity contribution is 0.274. The van der Waals surface area contributed by atoms with Crippen molar-refractivity contribution in [3.05, 3.63) is 41.6 Å². The van der Waals surface area contributed by atoms with Crippen molar-refractivity contribution >= 4 is 0 Å². The van der Waals surface area contributed by atoms with Gasteiger partial charge in [-0.1, -0.05) is 30.3 Å². The number of benzene rings is 1. The SMILES string of the molecule is Cn1nc(-c2ccccc2)c2c1CCN(CC1CC1)CC2. The summed E-state index contributed by atoms with van der Waals surface area (Å²) < 4.78 is 2.11. The molecule has 1 aliphatic heterocycles. The molecule has 2 aromatic rings. The highest BCUT2D eigenvalue weighted by Crippen LogP contribution is 2.32. The Morgan fingerprint density at radius 1 is 1.10 bits per heavy atom. The van der Waals surface area contributed by atoms with E-state index >= 15 is 0 Å². The summed E-state index contributed by atoms with van der Waals surface area (Å²) in [4.78, 5) is 2.66. The molecule has 0 spiro atoms. The average molecular weight is 281 g/mol. The van der Waals surface area contributed by atoms with Crippen LogP contribution in [0.3, 0.4) is 0 Å². The fourth-order valence-corrected chi connectivity index (χ4v) is 3.50. The molecular weight excluding hydrogens is 258 g/mol. The summed E-state index contributed by atoms with van der Waals surface area (Å²) in [5.74, 6) is 0.984. The summed E-state index contributed by atoms with van der Waals surface area (Å²) >= 11 is 0. The van der Waals surface area contributed by atoms with Gasteiger partial charge in [-0.05, 0) is 25.2 Å². The summed E-state index contributed by atoms with van der Waals surface area (Å²) in [6, 6.07) is 10.6. The van der Waals surface area contributed by atoms with E-state index in [1.807, 2.05) is 0 Å². The first kappa shape index (κ1) is 13.1. The standard InChI is InChI=1S/C18H23N3/c1-20-17-10-12-21(13-14-7-8-14)11-9-16(17)18(19-20)15-5-3-2-4-6-15/h2-6,14H,7-13H2,1H3. The zero-order valence-corrected chi connectivity index (χ0v) is 12.8. The normalized spacial score (nSPS) is 19.3. The molecule has 110 valence electrons. The molecule has 3 nitrogen and oxygen atoms in total. The van der Waals surface area contributed by atoms with Gasteiger partial charge in [0.2, 0.25) is 0 Å². The fourth-order valence-electron chi connectivity index (χ4n) is 3.50. The van der Waals surface area contributed by atoms with Crippen LogP contribution in [0.25, 0.3) is 11.3 Å². The van der Waals surface area contributed by atoms with E-state index in [-0.39, 0.29) is 0 Å². The van der Waals surface area contributed by atoms with Gasteiger partial charge >= 0.3 is 0 Å². The molecule has 1 fully saturated rings. The lowest BCUT2D eigenvalue weighted by Gasteiger charge is -2.19. The van der Waals surface area contributed by atoms with Gasteiger partial charge in [0, 0.05) is 49.9 Å². The van der Waals surface area contributed by atoms with Crippen LogP contribution in [-0.4, -0.2) is 34.3 Å². The molecule has 0 radical (unpaired) electrons. The fraction of sp³-hybridized carbons (Fsp3) is 0.500. The highest BCUT2D eigenvalue weighted by molar-refractivity contribution is 5.64. The summed E-state index contributed by atoms with van der Waals surface area (Å²) in [7, 11) is 2.10. The van der Waals surface area contributed by atoms with E-state index in [2.05, 4.69) is 47.0 Å². The Kier molecular flexibility index (Phi) is 3.30. The van der Waals surface area contributed by atoms with E-state index in [0.717, 1.165) is 18.8 Å². The molecule has 1 aliphatic carbocycles. The molecule has 21 heavy (non-hydrogen) atoms. The van der Waals surface area contributed by atoms with E-state index in [9.17, 15) is 0 Å². The first-order chi connectivity index (χ1) is 10.3. The van der Waals surface area contributed by atoms with Crippen molar-refractivity contribution in [3.63, 3.8) is 0 Å². The van der Waals surface area contributed by atoms with Crippen molar-refractivity contribution in [2.75, 3.05) is 19.6 Å². The van der Waals surface area contributed by atoms with Crippen molar-refractivity contribution in [1.82, 2.24) is 14.7 Å². The van der Waals surface area contributed by atoms with E-state index in [4.69, 9.17) is 5.10 Å². The quantitative estimate of drug-likeness (QED) is 0.862. The summed E-state index contributed by atoms with van der Waals surface area (Å²) in [5.41, 5.74) is 5.36. The van der Waals surface area contributed by atoms with E-state index in [0.29, 0.717) is 0 Å². The van der Waals surface area contributed by atoms with E-state index in [1.165, 1.54) is 55.0 Å². The Labute approximate surface area is 126 Å². The van der Waals surface area contributed by atoms with Crippen LogP contribution in [0.15, 0.2) is 30.3 Å². The third kappa shape index (κ3) is 2.62. The van der Waals surface area contributed by atoms with Crippen LogP contribution in [0.2, 0.25) is 0 Å². The Morgan fingerprint density at radius 3 is 2.62 bits per heavy atom. The number of hydrogen-bond donors (Lipinski definition) is 0. The zero-order chi connectivity index (χ0) is 14.2. The highest BCUT2D eigenvalue weighted by atomic mass is 15.3. The van der Waals surface area contributed by atoms with Gasteiger partial charge in [0.05, 0.1) is 5.69 Å². The average Bonchev–Trinajstić information content (AvgIpc) is 3.29. The number of aromatic nitrogens is 2. The van der Waals surface area contributed by atoms with Crippen LogP contribution in [0.1, 0.15) is 24.1 Å².